The number of nitrogens with two attached hydrogens (primary N) is 1. The minimum Gasteiger partial charge on any atom is -0.332 e. The maximum absolute atomic E-state index is 12.5. The van der Waals surface area contributed by atoms with Gasteiger partial charge >= 0.3 is 0 Å². The third-order valence-electron chi connectivity index (χ3n) is 2.76. The Kier molecular flexibility index (Phi) is 5.77. The van der Waals surface area contributed by atoms with Gasteiger partial charge in [-0.15, -0.1) is 11.3 Å². The molecule has 0 aliphatic carbocycles. The van der Waals surface area contributed by atoms with Crippen LogP contribution in [0.2, 0.25) is 0 Å². The van der Waals surface area contributed by atoms with Gasteiger partial charge in [0.15, 0.2) is 0 Å². The monoisotopic (exact) mass is 416 g/mol. The Morgan fingerprint density at radius 1 is 1.25 bits per heavy atom. The van der Waals surface area contributed by atoms with Crippen LogP contribution in [-0.2, 0) is 6.54 Å². The van der Waals surface area contributed by atoms with E-state index in [1.165, 1.54) is 11.3 Å². The molecule has 0 bridgehead atoms. The Balaban J connectivity index is 2.17. The van der Waals surface area contributed by atoms with Gasteiger partial charge in [0, 0.05) is 24.1 Å². The van der Waals surface area contributed by atoms with Crippen molar-refractivity contribution >= 4 is 49.1 Å². The second kappa shape index (κ2) is 7.36. The molecule has 0 aliphatic rings. The van der Waals surface area contributed by atoms with E-state index in [0.29, 0.717) is 24.5 Å². The highest BCUT2D eigenvalue weighted by Crippen LogP contribution is 2.33. The van der Waals surface area contributed by atoms with E-state index in [2.05, 4.69) is 31.9 Å². The molecule has 1 heterocycles. The number of halogens is 2. The van der Waals surface area contributed by atoms with Crippen molar-refractivity contribution in [3.63, 3.8) is 0 Å². The highest BCUT2D eigenvalue weighted by Gasteiger charge is 2.18. The Morgan fingerprint density at radius 2 is 1.95 bits per heavy atom. The molecule has 0 unspecified atom stereocenters. The van der Waals surface area contributed by atoms with Crippen LogP contribution in [0.25, 0.3) is 0 Å². The number of amides is 1. The minimum absolute atomic E-state index is 0.00991. The van der Waals surface area contributed by atoms with Gasteiger partial charge in [-0.1, -0.05) is 30.3 Å². The fourth-order valence-corrected chi connectivity index (χ4v) is 3.82. The lowest BCUT2D eigenvalue weighted by molar-refractivity contribution is 0.0753. The van der Waals surface area contributed by atoms with Crippen LogP contribution in [0.15, 0.2) is 44.7 Å². The first-order chi connectivity index (χ1) is 9.61. The van der Waals surface area contributed by atoms with Crippen LogP contribution in [0.5, 0.6) is 0 Å². The zero-order valence-corrected chi connectivity index (χ0v) is 14.7. The number of nitrogens with zero attached hydrogens (tertiary/aromatic N) is 1. The van der Waals surface area contributed by atoms with E-state index >= 15 is 0 Å². The number of carbonyl (C=O) groups excluding carboxylic acids is 1. The summed E-state index contributed by atoms with van der Waals surface area (Å²) in [6, 6.07) is 11.8. The molecule has 1 amide bonds. The lowest BCUT2D eigenvalue weighted by Gasteiger charge is -2.21. The Morgan fingerprint density at radius 3 is 2.50 bits per heavy atom. The largest absolute Gasteiger partial charge is 0.332 e. The molecule has 1 aromatic carbocycles. The number of benzene rings is 1. The summed E-state index contributed by atoms with van der Waals surface area (Å²) in [6.07, 6.45) is 0. The average Bonchev–Trinajstić information content (AvgIpc) is 2.78. The molecular weight excluding hydrogens is 404 g/mol. The van der Waals surface area contributed by atoms with Crippen LogP contribution >= 0.6 is 43.2 Å². The van der Waals surface area contributed by atoms with Gasteiger partial charge in [0.25, 0.3) is 5.91 Å². The molecule has 0 saturated heterocycles. The van der Waals surface area contributed by atoms with Gasteiger partial charge in [-0.2, -0.15) is 0 Å². The maximum atomic E-state index is 12.5. The third kappa shape index (κ3) is 3.91. The molecule has 0 radical (unpaired) electrons. The van der Waals surface area contributed by atoms with Gasteiger partial charge in [0.1, 0.15) is 0 Å². The number of thiophene rings is 1. The molecule has 0 atom stereocenters. The Labute approximate surface area is 139 Å². The quantitative estimate of drug-likeness (QED) is 0.802. The topological polar surface area (TPSA) is 46.3 Å². The van der Waals surface area contributed by atoms with Crippen molar-refractivity contribution in [1.82, 2.24) is 4.90 Å². The van der Waals surface area contributed by atoms with Crippen molar-refractivity contribution in [3.05, 3.63) is 55.1 Å². The molecule has 1 aromatic heterocycles. The molecule has 106 valence electrons. The van der Waals surface area contributed by atoms with Crippen molar-refractivity contribution in [1.29, 1.82) is 0 Å². The van der Waals surface area contributed by atoms with E-state index in [1.54, 1.807) is 4.90 Å². The van der Waals surface area contributed by atoms with Crippen molar-refractivity contribution in [2.45, 2.75) is 6.54 Å². The second-order valence-corrected chi connectivity index (χ2v) is 7.46. The molecular formula is C14H14Br2N2OS. The lowest BCUT2D eigenvalue weighted by atomic mass is 10.2. The molecule has 6 heteroatoms. The van der Waals surface area contributed by atoms with Crippen molar-refractivity contribution in [2.75, 3.05) is 13.1 Å². The van der Waals surface area contributed by atoms with Crippen LogP contribution in [0.3, 0.4) is 0 Å². The van der Waals surface area contributed by atoms with Gasteiger partial charge in [-0.05, 0) is 43.5 Å². The molecule has 2 aromatic rings. The first-order valence-electron chi connectivity index (χ1n) is 6.10. The number of rotatable bonds is 5. The van der Waals surface area contributed by atoms with Crippen LogP contribution in [0.4, 0.5) is 0 Å². The molecule has 2 rings (SSSR count). The molecule has 3 nitrogen and oxygen atoms in total. The summed E-state index contributed by atoms with van der Waals surface area (Å²) >= 11 is 8.25. The van der Waals surface area contributed by atoms with Crippen LogP contribution in [0.1, 0.15) is 15.2 Å². The normalized spacial score (nSPS) is 10.6. The SMILES string of the molecule is NCCN(Cc1ccccc1)C(=O)c1cc(Br)c(Br)s1. The smallest absolute Gasteiger partial charge is 0.264 e. The van der Waals surface area contributed by atoms with E-state index < -0.39 is 0 Å². The summed E-state index contributed by atoms with van der Waals surface area (Å²) in [5.41, 5.74) is 6.73. The summed E-state index contributed by atoms with van der Waals surface area (Å²) in [6.45, 7) is 1.57. The summed E-state index contributed by atoms with van der Waals surface area (Å²) in [7, 11) is 0. The van der Waals surface area contributed by atoms with Gasteiger partial charge in [0.05, 0.1) is 8.66 Å². The summed E-state index contributed by atoms with van der Waals surface area (Å²) < 4.78 is 1.83. The standard InChI is InChI=1S/C14H14Br2N2OS/c15-11-8-12(20-13(11)16)14(19)18(7-6-17)9-10-4-2-1-3-5-10/h1-5,8H,6-7,9,17H2. The zero-order valence-electron chi connectivity index (χ0n) is 10.7. The van der Waals surface area contributed by atoms with Gasteiger partial charge in [-0.25, -0.2) is 0 Å². The van der Waals surface area contributed by atoms with Gasteiger partial charge in [0.2, 0.25) is 0 Å². The predicted octanol–water partition coefficient (Wildman–Crippen LogP) is 3.87. The van der Waals surface area contributed by atoms with Crippen molar-refractivity contribution < 1.29 is 4.79 Å². The second-order valence-electron chi connectivity index (χ2n) is 4.23. The summed E-state index contributed by atoms with van der Waals surface area (Å²) in [5, 5.41) is 0. The van der Waals surface area contributed by atoms with E-state index in [-0.39, 0.29) is 5.91 Å². The summed E-state index contributed by atoms with van der Waals surface area (Å²) in [5.74, 6) is 0.00991. The third-order valence-corrected chi connectivity index (χ3v) is 6.00. The molecule has 0 aliphatic heterocycles. The van der Waals surface area contributed by atoms with Crippen LogP contribution < -0.4 is 5.73 Å². The fourth-order valence-electron chi connectivity index (χ4n) is 1.82. The number of hydrogen-bond donors (Lipinski definition) is 1. The number of hydrogen-bond acceptors (Lipinski definition) is 3. The molecule has 0 fully saturated rings. The van der Waals surface area contributed by atoms with Crippen LogP contribution in [-0.4, -0.2) is 23.9 Å². The maximum Gasteiger partial charge on any atom is 0.264 e. The Bertz CT molecular complexity index is 567. The highest BCUT2D eigenvalue weighted by molar-refractivity contribution is 9.13. The van der Waals surface area contributed by atoms with Gasteiger partial charge in [-0.3, -0.25) is 4.79 Å². The zero-order chi connectivity index (χ0) is 14.5. The first kappa shape index (κ1) is 15.7. The Hall–Kier alpha value is -0.690. The molecule has 20 heavy (non-hydrogen) atoms. The van der Waals surface area contributed by atoms with Crippen molar-refractivity contribution in [2.24, 2.45) is 5.73 Å². The van der Waals surface area contributed by atoms with Gasteiger partial charge < -0.3 is 10.6 Å². The fraction of sp³-hybridized carbons (Fsp3) is 0.214. The van der Waals surface area contributed by atoms with E-state index in [1.807, 2.05) is 36.4 Å². The number of carbonyl (C=O) groups is 1. The average molecular weight is 418 g/mol. The lowest BCUT2D eigenvalue weighted by Crippen LogP contribution is -2.34. The summed E-state index contributed by atoms with van der Waals surface area (Å²) in [4.78, 5) is 15.0. The van der Waals surface area contributed by atoms with Crippen molar-refractivity contribution in [3.8, 4) is 0 Å². The van der Waals surface area contributed by atoms with E-state index in [9.17, 15) is 4.79 Å². The predicted molar refractivity (Wildman–Crippen MR) is 90.0 cm³/mol. The minimum atomic E-state index is 0.00991. The molecule has 0 saturated carbocycles. The van der Waals surface area contributed by atoms with Crippen LogP contribution in [0, 0.1) is 0 Å². The highest BCUT2D eigenvalue weighted by atomic mass is 79.9. The molecule has 0 spiro atoms. The van der Waals surface area contributed by atoms with E-state index in [4.69, 9.17) is 5.73 Å². The molecule has 2 N–H and O–H groups in total. The first-order valence-corrected chi connectivity index (χ1v) is 8.50. The van der Waals surface area contributed by atoms with E-state index in [0.717, 1.165) is 13.8 Å².